The third-order valence-corrected chi connectivity index (χ3v) is 5.98. The van der Waals surface area contributed by atoms with E-state index in [2.05, 4.69) is 34.8 Å². The number of hydrogen-bond donors (Lipinski definition) is 0. The van der Waals surface area contributed by atoms with Gasteiger partial charge in [0.1, 0.15) is 11.6 Å². The Labute approximate surface area is 201 Å². The standard InChI is InChI=1S/C24H27BrN2O4S/c1-16(2)12-27(24(28)17-7-5-8-18(25)11-17)13-19-15-32-22(26-19)14-31-23-20(29-3)9-6-10-21(23)30-4/h5-11,15-16H,12-14H2,1-4H3. The van der Waals surface area contributed by atoms with E-state index in [1.807, 2.05) is 52.7 Å². The summed E-state index contributed by atoms with van der Waals surface area (Å²) in [6, 6.07) is 12.9. The molecule has 0 unspecified atom stereocenters. The molecule has 32 heavy (non-hydrogen) atoms. The van der Waals surface area contributed by atoms with Gasteiger partial charge >= 0.3 is 0 Å². The lowest BCUT2D eigenvalue weighted by Crippen LogP contribution is -2.33. The van der Waals surface area contributed by atoms with E-state index in [0.717, 1.165) is 15.2 Å². The Kier molecular flexibility index (Phi) is 8.53. The second-order valence-electron chi connectivity index (χ2n) is 7.60. The van der Waals surface area contributed by atoms with Crippen molar-refractivity contribution in [3.8, 4) is 17.2 Å². The molecule has 0 fully saturated rings. The van der Waals surface area contributed by atoms with E-state index in [1.54, 1.807) is 14.2 Å². The fraction of sp³-hybridized carbons (Fsp3) is 0.333. The Hall–Kier alpha value is -2.58. The molecule has 0 radical (unpaired) electrons. The number of ether oxygens (including phenoxy) is 3. The first-order valence-electron chi connectivity index (χ1n) is 10.2. The minimum Gasteiger partial charge on any atom is -0.493 e. The molecule has 0 N–H and O–H groups in total. The van der Waals surface area contributed by atoms with Crippen molar-refractivity contribution in [3.63, 3.8) is 0 Å². The Balaban J connectivity index is 1.71. The van der Waals surface area contributed by atoms with E-state index in [4.69, 9.17) is 14.2 Å². The van der Waals surface area contributed by atoms with Crippen molar-refractivity contribution >= 4 is 33.2 Å². The van der Waals surface area contributed by atoms with Crippen molar-refractivity contribution in [3.05, 3.63) is 68.6 Å². The molecule has 0 saturated carbocycles. The first kappa shape index (κ1) is 24.1. The highest BCUT2D eigenvalue weighted by Crippen LogP contribution is 2.37. The Morgan fingerprint density at radius 3 is 2.44 bits per heavy atom. The van der Waals surface area contributed by atoms with Crippen LogP contribution in [0.4, 0.5) is 0 Å². The molecule has 0 spiro atoms. The second-order valence-corrected chi connectivity index (χ2v) is 9.46. The van der Waals surface area contributed by atoms with E-state index < -0.39 is 0 Å². The number of thiazole rings is 1. The van der Waals surface area contributed by atoms with E-state index in [-0.39, 0.29) is 12.5 Å². The number of methoxy groups -OCH3 is 2. The van der Waals surface area contributed by atoms with Crippen LogP contribution in [-0.2, 0) is 13.2 Å². The van der Waals surface area contributed by atoms with E-state index in [1.165, 1.54) is 11.3 Å². The van der Waals surface area contributed by atoms with Gasteiger partial charge < -0.3 is 19.1 Å². The van der Waals surface area contributed by atoms with Crippen LogP contribution in [0.5, 0.6) is 17.2 Å². The van der Waals surface area contributed by atoms with Gasteiger partial charge in [-0.15, -0.1) is 11.3 Å². The van der Waals surface area contributed by atoms with Gasteiger partial charge in [0.25, 0.3) is 5.91 Å². The van der Waals surface area contributed by atoms with Crippen LogP contribution >= 0.6 is 27.3 Å². The Morgan fingerprint density at radius 2 is 1.81 bits per heavy atom. The van der Waals surface area contributed by atoms with Crippen molar-refractivity contribution in [2.24, 2.45) is 5.92 Å². The van der Waals surface area contributed by atoms with Crippen molar-refractivity contribution in [2.75, 3.05) is 20.8 Å². The Bertz CT molecular complexity index is 1030. The number of amides is 1. The highest BCUT2D eigenvalue weighted by Gasteiger charge is 2.19. The molecule has 0 saturated heterocycles. The highest BCUT2D eigenvalue weighted by molar-refractivity contribution is 9.10. The van der Waals surface area contributed by atoms with Crippen LogP contribution in [0.2, 0.25) is 0 Å². The summed E-state index contributed by atoms with van der Waals surface area (Å²) in [7, 11) is 3.18. The maximum absolute atomic E-state index is 13.1. The number of carbonyl (C=O) groups is 1. The van der Waals surface area contributed by atoms with Crippen molar-refractivity contribution in [1.29, 1.82) is 0 Å². The molecule has 0 aliphatic heterocycles. The fourth-order valence-corrected chi connectivity index (χ4v) is 4.34. The van der Waals surface area contributed by atoms with Crippen molar-refractivity contribution in [1.82, 2.24) is 9.88 Å². The molecule has 2 aromatic carbocycles. The second kappa shape index (κ2) is 11.3. The van der Waals surface area contributed by atoms with E-state index >= 15 is 0 Å². The number of halogens is 1. The van der Waals surface area contributed by atoms with Crippen LogP contribution in [-0.4, -0.2) is 36.6 Å². The van der Waals surface area contributed by atoms with Gasteiger partial charge in [0.05, 0.1) is 26.5 Å². The summed E-state index contributed by atoms with van der Waals surface area (Å²) < 4.78 is 17.6. The van der Waals surface area contributed by atoms with Gasteiger partial charge in [-0.2, -0.15) is 0 Å². The van der Waals surface area contributed by atoms with Crippen LogP contribution < -0.4 is 14.2 Å². The average molecular weight is 519 g/mol. The molecule has 8 heteroatoms. The third kappa shape index (κ3) is 6.23. The minimum atomic E-state index is -0.00967. The Morgan fingerprint density at radius 1 is 1.12 bits per heavy atom. The molecule has 1 amide bonds. The summed E-state index contributed by atoms with van der Waals surface area (Å²) in [5, 5.41) is 2.78. The molecule has 0 atom stereocenters. The number of aromatic nitrogens is 1. The predicted molar refractivity (Wildman–Crippen MR) is 130 cm³/mol. The lowest BCUT2D eigenvalue weighted by Gasteiger charge is -2.24. The zero-order valence-electron chi connectivity index (χ0n) is 18.6. The fourth-order valence-electron chi connectivity index (χ4n) is 3.24. The van der Waals surface area contributed by atoms with Gasteiger partial charge in [-0.1, -0.05) is 41.9 Å². The molecule has 0 aliphatic rings. The molecule has 6 nitrogen and oxygen atoms in total. The van der Waals surface area contributed by atoms with Crippen LogP contribution in [0.1, 0.15) is 34.9 Å². The maximum atomic E-state index is 13.1. The number of benzene rings is 2. The van der Waals surface area contributed by atoms with E-state index in [9.17, 15) is 4.79 Å². The molecule has 1 aromatic heterocycles. The average Bonchev–Trinajstić information content (AvgIpc) is 3.23. The zero-order chi connectivity index (χ0) is 23.1. The monoisotopic (exact) mass is 518 g/mol. The summed E-state index contributed by atoms with van der Waals surface area (Å²) in [5.41, 5.74) is 1.49. The summed E-state index contributed by atoms with van der Waals surface area (Å²) in [5.74, 6) is 2.07. The van der Waals surface area contributed by atoms with Gasteiger partial charge in [0, 0.05) is 22.0 Å². The van der Waals surface area contributed by atoms with E-state index in [0.29, 0.717) is 41.8 Å². The maximum Gasteiger partial charge on any atom is 0.254 e. The lowest BCUT2D eigenvalue weighted by atomic mass is 10.1. The molecule has 3 rings (SSSR count). The van der Waals surface area contributed by atoms with Crippen molar-refractivity contribution in [2.45, 2.75) is 27.0 Å². The molecule has 0 bridgehead atoms. The minimum absolute atomic E-state index is 0.00967. The molecule has 0 aliphatic carbocycles. The number of nitrogens with zero attached hydrogens (tertiary/aromatic N) is 2. The SMILES string of the molecule is COc1cccc(OC)c1OCc1nc(CN(CC(C)C)C(=O)c2cccc(Br)c2)cs1. The normalized spacial score (nSPS) is 10.8. The third-order valence-electron chi connectivity index (χ3n) is 4.62. The molecule has 1 heterocycles. The number of carbonyl (C=O) groups excluding carboxylic acids is 1. The molecular formula is C24H27BrN2O4S. The summed E-state index contributed by atoms with van der Waals surface area (Å²) in [4.78, 5) is 19.7. The topological polar surface area (TPSA) is 60.9 Å². The van der Waals surface area contributed by atoms with Gasteiger partial charge in [-0.05, 0) is 36.2 Å². The van der Waals surface area contributed by atoms with Crippen LogP contribution in [0.15, 0.2) is 52.3 Å². The van der Waals surface area contributed by atoms with Crippen LogP contribution in [0.25, 0.3) is 0 Å². The highest BCUT2D eigenvalue weighted by atomic mass is 79.9. The summed E-state index contributed by atoms with van der Waals surface area (Å²) in [6.45, 7) is 5.57. The molecular weight excluding hydrogens is 492 g/mol. The summed E-state index contributed by atoms with van der Waals surface area (Å²) in [6.07, 6.45) is 0. The smallest absolute Gasteiger partial charge is 0.254 e. The van der Waals surface area contributed by atoms with Crippen molar-refractivity contribution < 1.29 is 19.0 Å². The first-order valence-corrected chi connectivity index (χ1v) is 11.9. The molecule has 3 aromatic rings. The predicted octanol–water partition coefficient (Wildman–Crippen LogP) is 5.80. The van der Waals surface area contributed by atoms with Gasteiger partial charge in [-0.25, -0.2) is 4.98 Å². The first-order chi connectivity index (χ1) is 15.4. The largest absolute Gasteiger partial charge is 0.493 e. The van der Waals surface area contributed by atoms with Crippen LogP contribution in [0.3, 0.4) is 0 Å². The molecule has 170 valence electrons. The number of para-hydroxylation sites is 1. The van der Waals surface area contributed by atoms with Crippen LogP contribution in [0, 0.1) is 5.92 Å². The lowest BCUT2D eigenvalue weighted by molar-refractivity contribution is 0.0720. The zero-order valence-corrected chi connectivity index (χ0v) is 21.0. The van der Waals surface area contributed by atoms with Gasteiger partial charge in [0.2, 0.25) is 5.75 Å². The number of hydrogen-bond acceptors (Lipinski definition) is 6. The number of rotatable bonds is 10. The summed E-state index contributed by atoms with van der Waals surface area (Å²) >= 11 is 4.95. The quantitative estimate of drug-likeness (QED) is 0.339. The van der Waals surface area contributed by atoms with Gasteiger partial charge in [-0.3, -0.25) is 4.79 Å². The van der Waals surface area contributed by atoms with Gasteiger partial charge in [0.15, 0.2) is 11.5 Å².